The van der Waals surface area contributed by atoms with E-state index in [0.717, 1.165) is 0 Å². The van der Waals surface area contributed by atoms with Crippen molar-refractivity contribution in [3.8, 4) is 0 Å². The standard InChI is InChI=1S/C23H41F6N7O3S/c24-22(25,26)13-39-21-34-19(33-20(35-21)32-17-3-1-2-14(12-17)23(27,28)29)31-16-8-10-36(11-9-16)40(37,38)18-6-4-15(30)5-7-18/h14-21,31-35H,1-13,30H2. The normalized spacial score (nSPS) is 37.2. The van der Waals surface area contributed by atoms with Crippen molar-refractivity contribution in [2.45, 2.75) is 119 Å². The highest BCUT2D eigenvalue weighted by molar-refractivity contribution is 7.96. The molecule has 234 valence electrons. The van der Waals surface area contributed by atoms with Crippen molar-refractivity contribution in [1.82, 2.24) is 30.9 Å². The maximum atomic E-state index is 13.3. The van der Waals surface area contributed by atoms with E-state index in [9.17, 15) is 35.1 Å². The topological polar surface area (TPSA) is 139 Å². The zero-order valence-corrected chi connectivity index (χ0v) is 23.1. The quantitative estimate of drug-likeness (QED) is 0.180. The second kappa shape index (κ2) is 13.3. The molecule has 4 aliphatic rings. The number of nitrogens with two attached hydrogens (primary N) is 1. The van der Waals surface area contributed by atoms with Gasteiger partial charge in [0.25, 0.3) is 0 Å². The predicted octanol–water partition coefficient (Wildman–Crippen LogP) is 1.78. The first kappa shape index (κ1) is 32.3. The summed E-state index contributed by atoms with van der Waals surface area (Å²) in [5.41, 5.74) is 5.91. The van der Waals surface area contributed by atoms with Crippen LogP contribution in [0, 0.1) is 5.92 Å². The van der Waals surface area contributed by atoms with E-state index < -0.39 is 65.5 Å². The Bertz CT molecular complexity index is 856. The van der Waals surface area contributed by atoms with Gasteiger partial charge in [0, 0.05) is 31.2 Å². The Balaban J connectivity index is 1.31. The van der Waals surface area contributed by atoms with Crippen LogP contribution in [0.2, 0.25) is 0 Å². The van der Waals surface area contributed by atoms with Crippen molar-refractivity contribution < 1.29 is 39.8 Å². The average Bonchev–Trinajstić information content (AvgIpc) is 2.87. The number of piperidine rings is 1. The van der Waals surface area contributed by atoms with Gasteiger partial charge in [-0.25, -0.2) is 0 Å². The minimum Gasteiger partial charge on any atom is -0.597 e. The van der Waals surface area contributed by atoms with Crippen LogP contribution >= 0.6 is 0 Å². The zero-order chi connectivity index (χ0) is 29.1. The van der Waals surface area contributed by atoms with Gasteiger partial charge in [-0.1, -0.05) is 10.6 Å². The second-order valence-corrected chi connectivity index (χ2v) is 13.6. The maximum absolute atomic E-state index is 13.3. The van der Waals surface area contributed by atoms with Crippen LogP contribution in [-0.4, -0.2) is 83.2 Å². The Morgan fingerprint density at radius 2 is 1.48 bits per heavy atom. The summed E-state index contributed by atoms with van der Waals surface area (Å²) >= 11 is 0. The molecule has 0 radical (unpaired) electrons. The molecule has 6 unspecified atom stereocenters. The molecule has 2 aliphatic heterocycles. The van der Waals surface area contributed by atoms with Crippen molar-refractivity contribution in [1.29, 1.82) is 0 Å². The van der Waals surface area contributed by atoms with Crippen LogP contribution in [0.5, 0.6) is 0 Å². The third kappa shape index (κ3) is 9.18. The molecule has 7 N–H and O–H groups in total. The molecular weight excluding hydrogens is 568 g/mol. The lowest BCUT2D eigenvalue weighted by atomic mass is 9.85. The summed E-state index contributed by atoms with van der Waals surface area (Å²) in [7, 11) is -3.44. The maximum Gasteiger partial charge on any atom is 0.411 e. The van der Waals surface area contributed by atoms with Gasteiger partial charge in [-0.2, -0.15) is 26.3 Å². The lowest BCUT2D eigenvalue weighted by Crippen LogP contribution is -2.76. The highest BCUT2D eigenvalue weighted by Crippen LogP contribution is 2.37. The Morgan fingerprint density at radius 1 is 0.875 bits per heavy atom. The van der Waals surface area contributed by atoms with Crippen LogP contribution < -0.4 is 32.3 Å². The van der Waals surface area contributed by atoms with Crippen molar-refractivity contribution in [2.24, 2.45) is 11.7 Å². The van der Waals surface area contributed by atoms with Gasteiger partial charge in [-0.15, -0.1) is 4.31 Å². The summed E-state index contributed by atoms with van der Waals surface area (Å²) in [5.74, 6) is -1.43. The lowest BCUT2D eigenvalue weighted by molar-refractivity contribution is -0.199. The molecule has 0 aromatic heterocycles. The summed E-state index contributed by atoms with van der Waals surface area (Å²) in [6.45, 7) is -0.896. The molecule has 0 spiro atoms. The number of nitrogens with zero attached hydrogens (tertiary/aromatic N) is 1. The summed E-state index contributed by atoms with van der Waals surface area (Å²) in [5, 5.41) is 14.6. The molecule has 2 saturated carbocycles. The largest absolute Gasteiger partial charge is 0.597 e. The highest BCUT2D eigenvalue weighted by atomic mass is 32.3. The Morgan fingerprint density at radius 3 is 2.05 bits per heavy atom. The van der Waals surface area contributed by atoms with E-state index >= 15 is 0 Å². The lowest BCUT2D eigenvalue weighted by Gasteiger charge is -2.44. The van der Waals surface area contributed by atoms with Crippen LogP contribution in [0.15, 0.2) is 0 Å². The molecule has 17 heteroatoms. The zero-order valence-electron chi connectivity index (χ0n) is 22.2. The fourth-order valence-corrected chi connectivity index (χ4v) is 8.07. The van der Waals surface area contributed by atoms with Gasteiger partial charge in [-0.05, 0) is 57.8 Å². The molecule has 10 nitrogen and oxygen atoms in total. The minimum absolute atomic E-state index is 0.0396. The SMILES string of the molecule is NC1CCC([S+](=O)([O-])N2CCC(NC3NC(NC4CCCC(C(F)(F)F)C4)NC(OCC(F)(F)F)N3)CC2)CC1. The van der Waals surface area contributed by atoms with Gasteiger partial charge in [0.15, 0.2) is 6.35 Å². The van der Waals surface area contributed by atoms with E-state index in [1.807, 2.05) is 0 Å². The molecule has 4 fully saturated rings. The van der Waals surface area contributed by atoms with Gasteiger partial charge in [-0.3, -0.25) is 26.6 Å². The van der Waals surface area contributed by atoms with Crippen molar-refractivity contribution >= 4 is 10.4 Å². The van der Waals surface area contributed by atoms with Gasteiger partial charge in [0.2, 0.25) is 0 Å². The van der Waals surface area contributed by atoms with Crippen LogP contribution in [0.25, 0.3) is 0 Å². The number of rotatable bonds is 8. The monoisotopic (exact) mass is 609 g/mol. The number of ether oxygens (including phenoxy) is 1. The average molecular weight is 610 g/mol. The second-order valence-electron chi connectivity index (χ2n) is 11.4. The van der Waals surface area contributed by atoms with Crippen molar-refractivity contribution in [3.63, 3.8) is 0 Å². The summed E-state index contributed by atoms with van der Waals surface area (Å²) < 4.78 is 111. The number of hydrogen-bond donors (Lipinski definition) is 6. The van der Waals surface area contributed by atoms with E-state index in [4.69, 9.17) is 10.5 Å². The number of alkyl halides is 6. The molecular formula is C23H41F6N7O3S. The Kier molecular flexibility index (Phi) is 10.8. The summed E-state index contributed by atoms with van der Waals surface area (Å²) in [6, 6.07) is -0.601. The van der Waals surface area contributed by atoms with Crippen LogP contribution in [0.3, 0.4) is 0 Å². The number of halogens is 6. The Hall–Kier alpha value is -0.630. The smallest absolute Gasteiger partial charge is 0.411 e. The fourth-order valence-electron chi connectivity index (χ4n) is 6.06. The first-order valence-corrected chi connectivity index (χ1v) is 15.5. The first-order chi connectivity index (χ1) is 18.7. The Labute approximate surface area is 231 Å². The fraction of sp³-hybridized carbons (Fsp3) is 1.00. The molecule has 0 aromatic rings. The van der Waals surface area contributed by atoms with Crippen LogP contribution in [0.1, 0.15) is 64.2 Å². The molecule has 0 bridgehead atoms. The molecule has 2 heterocycles. The van der Waals surface area contributed by atoms with Gasteiger partial charge < -0.3 is 15.0 Å². The molecule has 40 heavy (non-hydrogen) atoms. The van der Waals surface area contributed by atoms with E-state index in [1.54, 1.807) is 0 Å². The predicted molar refractivity (Wildman–Crippen MR) is 135 cm³/mol. The van der Waals surface area contributed by atoms with Gasteiger partial charge >= 0.3 is 12.4 Å². The molecule has 2 saturated heterocycles. The van der Waals surface area contributed by atoms with Crippen LogP contribution in [0.4, 0.5) is 26.3 Å². The van der Waals surface area contributed by atoms with Crippen molar-refractivity contribution in [3.05, 3.63) is 0 Å². The highest BCUT2D eigenvalue weighted by Gasteiger charge is 2.44. The van der Waals surface area contributed by atoms with Crippen LogP contribution in [-0.2, 0) is 19.3 Å². The molecule has 2 aliphatic carbocycles. The van der Waals surface area contributed by atoms with E-state index in [-0.39, 0.29) is 24.9 Å². The number of nitrogens with one attached hydrogen (secondary N) is 5. The molecule has 4 rings (SSSR count). The van der Waals surface area contributed by atoms with E-state index in [2.05, 4.69) is 26.6 Å². The number of hydrogen-bond acceptors (Lipinski definition) is 9. The number of sulfonamides is 1. The van der Waals surface area contributed by atoms with Crippen molar-refractivity contribution in [2.75, 3.05) is 19.7 Å². The van der Waals surface area contributed by atoms with E-state index in [1.165, 1.54) is 4.31 Å². The first-order valence-electron chi connectivity index (χ1n) is 14.0. The third-order valence-electron chi connectivity index (χ3n) is 8.28. The molecule has 0 amide bonds. The summed E-state index contributed by atoms with van der Waals surface area (Å²) in [4.78, 5) is 0. The minimum atomic E-state index is -4.56. The third-order valence-corrected chi connectivity index (χ3v) is 10.7. The van der Waals surface area contributed by atoms with Gasteiger partial charge in [0.05, 0.1) is 5.92 Å². The van der Waals surface area contributed by atoms with E-state index in [0.29, 0.717) is 64.5 Å². The summed E-state index contributed by atoms with van der Waals surface area (Å²) in [6.07, 6.45) is -7.43. The molecule has 0 aromatic carbocycles. The molecule has 6 atom stereocenters. The van der Waals surface area contributed by atoms with Gasteiger partial charge in [0.1, 0.15) is 34.8 Å².